The zero-order valence-electron chi connectivity index (χ0n) is 25.0. The number of amides is 1. The molecule has 2 rings (SSSR count). The van der Waals surface area contributed by atoms with Crippen molar-refractivity contribution in [3.63, 3.8) is 0 Å². The minimum absolute atomic E-state index is 0.0259. The summed E-state index contributed by atoms with van der Waals surface area (Å²) in [6, 6.07) is 4.12. The first kappa shape index (κ1) is 32.8. The Labute approximate surface area is 236 Å². The molecule has 0 spiro atoms. The molecule has 2 N–H and O–H groups in total. The maximum Gasteiger partial charge on any atom is 0.412 e. The number of esters is 1. The molecule has 0 saturated carbocycles. The maximum absolute atomic E-state index is 13.5. The average Bonchev–Trinajstić information content (AvgIpc) is 2.72. The lowest BCUT2D eigenvalue weighted by Crippen LogP contribution is -2.33. The summed E-state index contributed by atoms with van der Waals surface area (Å²) in [5.74, 6) is -0.932. The number of benzene rings is 1. The molecule has 0 unspecified atom stereocenters. The van der Waals surface area contributed by atoms with Gasteiger partial charge in [0.2, 0.25) is 0 Å². The third-order valence-corrected chi connectivity index (χ3v) is 7.01. The first-order chi connectivity index (χ1) is 18.2. The number of nitrogens with zero attached hydrogens (tertiary/aromatic N) is 2. The van der Waals surface area contributed by atoms with Gasteiger partial charge in [-0.05, 0) is 79.5 Å². The van der Waals surface area contributed by atoms with Gasteiger partial charge >= 0.3 is 12.1 Å². The van der Waals surface area contributed by atoms with E-state index in [1.807, 2.05) is 13.8 Å². The third kappa shape index (κ3) is 9.96. The summed E-state index contributed by atoms with van der Waals surface area (Å²) in [6.45, 7) is 17.0. The van der Waals surface area contributed by atoms with Crippen molar-refractivity contribution >= 4 is 33.4 Å². The van der Waals surface area contributed by atoms with Crippen LogP contribution in [0.1, 0.15) is 69.2 Å². The molecule has 1 amide bonds. The van der Waals surface area contributed by atoms with Crippen LogP contribution in [0.5, 0.6) is 0 Å². The largest absolute Gasteiger partial charge is 0.459 e. The average molecular weight is 579 g/mol. The Bertz CT molecular complexity index is 1400. The van der Waals surface area contributed by atoms with Gasteiger partial charge in [0.1, 0.15) is 17.7 Å². The van der Waals surface area contributed by atoms with E-state index in [9.17, 15) is 22.8 Å². The summed E-state index contributed by atoms with van der Waals surface area (Å²) < 4.78 is 38.4. The number of carbonyl (C=O) groups is 2. The van der Waals surface area contributed by atoms with Crippen molar-refractivity contribution in [1.29, 1.82) is 0 Å². The van der Waals surface area contributed by atoms with E-state index in [1.54, 1.807) is 55.4 Å². The summed E-state index contributed by atoms with van der Waals surface area (Å²) in [4.78, 5) is 43.0. The van der Waals surface area contributed by atoms with Gasteiger partial charge in [-0.25, -0.2) is 18.2 Å². The zero-order valence-corrected chi connectivity index (χ0v) is 25.9. The normalized spacial score (nSPS) is 12.4. The minimum Gasteiger partial charge on any atom is -0.459 e. The molecule has 1 aromatic carbocycles. The number of ether oxygens (including phenoxy) is 2. The van der Waals surface area contributed by atoms with Gasteiger partial charge in [0, 0.05) is 17.3 Å². The van der Waals surface area contributed by atoms with Crippen LogP contribution in [0.3, 0.4) is 0 Å². The van der Waals surface area contributed by atoms with E-state index in [-0.39, 0.29) is 45.4 Å². The second-order valence-corrected chi connectivity index (χ2v) is 14.4. The van der Waals surface area contributed by atoms with E-state index in [4.69, 9.17) is 9.47 Å². The van der Waals surface area contributed by atoms with Crippen LogP contribution >= 0.6 is 0 Å². The van der Waals surface area contributed by atoms with Crippen LogP contribution in [-0.4, -0.2) is 53.0 Å². The van der Waals surface area contributed by atoms with E-state index in [2.05, 4.69) is 15.6 Å². The van der Waals surface area contributed by atoms with Crippen molar-refractivity contribution in [2.75, 3.05) is 16.4 Å². The number of rotatable bonds is 9. The second kappa shape index (κ2) is 12.4. The fourth-order valence-corrected chi connectivity index (χ4v) is 5.39. The number of carbonyl (C=O) groups excluding carboxylic acids is 2. The molecule has 0 atom stereocenters. The van der Waals surface area contributed by atoms with Gasteiger partial charge in [-0.1, -0.05) is 13.8 Å². The van der Waals surface area contributed by atoms with Crippen molar-refractivity contribution in [3.8, 4) is 11.3 Å². The molecule has 2 aromatic rings. The quantitative estimate of drug-likeness (QED) is 0.399. The van der Waals surface area contributed by atoms with Gasteiger partial charge < -0.3 is 14.8 Å². The molecular weight excluding hydrogens is 536 g/mol. The van der Waals surface area contributed by atoms with Crippen LogP contribution in [0, 0.1) is 5.92 Å². The highest BCUT2D eigenvalue weighted by atomic mass is 32.2. The molecule has 0 aliphatic heterocycles. The van der Waals surface area contributed by atoms with Crippen molar-refractivity contribution in [2.45, 2.75) is 97.9 Å². The molecule has 40 heavy (non-hydrogen) atoms. The van der Waals surface area contributed by atoms with Gasteiger partial charge in [0.15, 0.2) is 15.7 Å². The summed E-state index contributed by atoms with van der Waals surface area (Å²) in [6.07, 6.45) is 0.597. The standard InChI is InChI=1S/C28H42N4O7S/c1-17(2)16-40(36,37)21-12-19(11-20(13-21)31-26(35)39-28(8,9)10)22-14-29-24(30-18(3)4)25(34)32(22)15-23(33)38-27(5,6)7/h11-14,17-18H,15-16H2,1-10H3,(H,29,30)(H,31,35). The molecule has 0 aliphatic carbocycles. The van der Waals surface area contributed by atoms with E-state index < -0.39 is 45.2 Å². The fourth-order valence-electron chi connectivity index (χ4n) is 3.71. The third-order valence-electron chi connectivity index (χ3n) is 4.95. The van der Waals surface area contributed by atoms with Crippen LogP contribution in [-0.2, 0) is 30.7 Å². The fraction of sp³-hybridized carbons (Fsp3) is 0.571. The lowest BCUT2D eigenvalue weighted by molar-refractivity contribution is -0.155. The number of hydrogen-bond donors (Lipinski definition) is 2. The van der Waals surface area contributed by atoms with E-state index in [1.165, 1.54) is 29.0 Å². The Balaban J connectivity index is 2.78. The van der Waals surface area contributed by atoms with Crippen LogP contribution in [0.15, 0.2) is 34.1 Å². The molecule has 1 aromatic heterocycles. The zero-order chi connectivity index (χ0) is 30.6. The van der Waals surface area contributed by atoms with Gasteiger partial charge in [-0.3, -0.25) is 19.5 Å². The highest BCUT2D eigenvalue weighted by Gasteiger charge is 2.24. The molecule has 222 valence electrons. The van der Waals surface area contributed by atoms with Gasteiger partial charge in [0.05, 0.1) is 22.5 Å². The van der Waals surface area contributed by atoms with Gasteiger partial charge in [-0.2, -0.15) is 0 Å². The second-order valence-electron chi connectivity index (χ2n) is 12.3. The Kier molecular flexibility index (Phi) is 10.2. The first-order valence-corrected chi connectivity index (χ1v) is 14.8. The van der Waals surface area contributed by atoms with E-state index in [0.717, 1.165) is 0 Å². The smallest absolute Gasteiger partial charge is 0.412 e. The predicted molar refractivity (Wildman–Crippen MR) is 155 cm³/mol. The lowest BCUT2D eigenvalue weighted by atomic mass is 10.1. The van der Waals surface area contributed by atoms with Crippen LogP contribution < -0.4 is 16.2 Å². The number of nitrogens with one attached hydrogen (secondary N) is 2. The highest BCUT2D eigenvalue weighted by Crippen LogP contribution is 2.29. The van der Waals surface area contributed by atoms with Crippen LogP contribution in [0.2, 0.25) is 0 Å². The molecule has 0 aliphatic rings. The molecule has 1 heterocycles. The molecule has 0 fully saturated rings. The molecule has 12 heteroatoms. The summed E-state index contributed by atoms with van der Waals surface area (Å²) in [7, 11) is -3.78. The van der Waals surface area contributed by atoms with Crippen LogP contribution in [0.4, 0.5) is 16.3 Å². The molecular formula is C28H42N4O7S. The summed E-state index contributed by atoms with van der Waals surface area (Å²) in [5, 5.41) is 5.54. The monoisotopic (exact) mass is 578 g/mol. The van der Waals surface area contributed by atoms with Gasteiger partial charge in [-0.15, -0.1) is 0 Å². The van der Waals surface area contributed by atoms with Crippen molar-refractivity contribution in [2.24, 2.45) is 5.92 Å². The van der Waals surface area contributed by atoms with Crippen molar-refractivity contribution in [1.82, 2.24) is 9.55 Å². The minimum atomic E-state index is -3.78. The van der Waals surface area contributed by atoms with Gasteiger partial charge in [0.25, 0.3) is 5.56 Å². The maximum atomic E-state index is 13.5. The predicted octanol–water partition coefficient (Wildman–Crippen LogP) is 4.85. The molecule has 0 radical (unpaired) electrons. The number of sulfone groups is 1. The molecule has 0 bridgehead atoms. The van der Waals surface area contributed by atoms with E-state index >= 15 is 0 Å². The Morgan fingerprint density at radius 3 is 2.10 bits per heavy atom. The summed E-state index contributed by atoms with van der Waals surface area (Å²) in [5.41, 5.74) is -1.61. The number of hydrogen-bond acceptors (Lipinski definition) is 9. The van der Waals surface area contributed by atoms with E-state index in [0.29, 0.717) is 0 Å². The number of aromatic nitrogens is 2. The SMILES string of the molecule is CC(C)CS(=O)(=O)c1cc(NC(=O)OC(C)(C)C)cc(-c2cnc(NC(C)C)c(=O)n2CC(=O)OC(C)(C)C)c1. The van der Waals surface area contributed by atoms with Crippen molar-refractivity contribution < 1.29 is 27.5 Å². The lowest BCUT2D eigenvalue weighted by Gasteiger charge is -2.22. The number of anilines is 2. The van der Waals surface area contributed by atoms with Crippen LogP contribution in [0.25, 0.3) is 11.3 Å². The topological polar surface area (TPSA) is 146 Å². The Morgan fingerprint density at radius 2 is 1.57 bits per heavy atom. The highest BCUT2D eigenvalue weighted by molar-refractivity contribution is 7.91. The summed E-state index contributed by atoms with van der Waals surface area (Å²) >= 11 is 0. The van der Waals surface area contributed by atoms with Crippen molar-refractivity contribution in [3.05, 3.63) is 34.7 Å². The molecule has 0 saturated heterocycles. The Hall–Kier alpha value is -3.41. The Morgan fingerprint density at radius 1 is 0.975 bits per heavy atom. The molecule has 11 nitrogen and oxygen atoms in total. The first-order valence-electron chi connectivity index (χ1n) is 13.1.